The van der Waals surface area contributed by atoms with Crippen molar-refractivity contribution in [3.8, 4) is 23.0 Å². The first-order valence-corrected chi connectivity index (χ1v) is 20.4. The van der Waals surface area contributed by atoms with Crippen LogP contribution in [-0.2, 0) is 52.3 Å². The number of phenols is 4. The number of carbonyl (C=O) groups excluding carboxylic acids is 4. The van der Waals surface area contributed by atoms with E-state index in [0.717, 1.165) is 24.3 Å². The van der Waals surface area contributed by atoms with Crippen molar-refractivity contribution < 1.29 is 93.2 Å². The minimum absolute atomic E-state index is 0.00193. The van der Waals surface area contributed by atoms with Crippen LogP contribution in [-0.4, -0.2) is 139 Å². The van der Waals surface area contributed by atoms with E-state index in [0.29, 0.717) is 22.3 Å². The fourth-order valence-corrected chi connectivity index (χ4v) is 6.54. The Morgan fingerprint density at radius 1 is 0.478 bits per heavy atom. The molecule has 9 atom stereocenters. The summed E-state index contributed by atoms with van der Waals surface area (Å²) in [5.41, 5.74) is 1.95. The van der Waals surface area contributed by atoms with Crippen molar-refractivity contribution >= 4 is 48.2 Å². The lowest BCUT2D eigenvalue weighted by Crippen LogP contribution is -2.63. The maximum atomic E-state index is 13.5. The Morgan fingerprint density at radius 3 is 1.27 bits per heavy atom. The molecule has 2 saturated heterocycles. The van der Waals surface area contributed by atoms with Crippen molar-refractivity contribution in [3.05, 3.63) is 144 Å². The van der Waals surface area contributed by atoms with Crippen LogP contribution in [0.3, 0.4) is 0 Å². The summed E-state index contributed by atoms with van der Waals surface area (Å²) in [6.07, 6.45) is -5.99. The third-order valence-electron chi connectivity index (χ3n) is 10.1. The second-order valence-electron chi connectivity index (χ2n) is 15.0. The predicted octanol–water partition coefficient (Wildman–Crippen LogP) is 2.48. The molecule has 352 valence electrons. The Hall–Kier alpha value is -7.36. The summed E-state index contributed by atoms with van der Waals surface area (Å²) in [6.45, 7) is -2.53. The lowest BCUT2D eigenvalue weighted by molar-refractivity contribution is -0.383. The summed E-state index contributed by atoms with van der Waals surface area (Å²) in [5.74, 6) is -6.79. The molecule has 0 saturated carbocycles. The molecule has 4 aromatic carbocycles. The zero-order valence-corrected chi connectivity index (χ0v) is 35.2. The normalized spacial score (nSPS) is 25.1. The summed E-state index contributed by atoms with van der Waals surface area (Å²) in [7, 11) is 0. The summed E-state index contributed by atoms with van der Waals surface area (Å²) >= 11 is 0. The zero-order chi connectivity index (χ0) is 48.1. The molecule has 67 heavy (non-hydrogen) atoms. The Balaban J connectivity index is 1.27. The number of aromatic hydroxyl groups is 4. The van der Waals surface area contributed by atoms with Gasteiger partial charge in [-0.25, -0.2) is 19.2 Å². The summed E-state index contributed by atoms with van der Waals surface area (Å²) < 4.78 is 39.8. The SMILES string of the molecule is O=C(/C=C/c1ccc(O)cc1)OCC1OC(OC2(COC(=O)/C=C/c3ccc(O)cc3)OC(COC(=O)/C=C/c3ccc(O)cc3)C(O)C2OC(=O)/C=C/c2ccc(O)cc2)C(O)C(O)C1O. The highest BCUT2D eigenvalue weighted by atomic mass is 16.8. The topological polar surface area (TPSA) is 295 Å². The molecule has 2 heterocycles. The second-order valence-corrected chi connectivity index (χ2v) is 15.0. The van der Waals surface area contributed by atoms with Crippen LogP contribution >= 0.6 is 0 Å². The molecule has 0 aliphatic carbocycles. The maximum absolute atomic E-state index is 13.5. The molecule has 9 unspecified atom stereocenters. The van der Waals surface area contributed by atoms with Gasteiger partial charge in [-0.3, -0.25) is 0 Å². The maximum Gasteiger partial charge on any atom is 0.331 e. The van der Waals surface area contributed by atoms with E-state index in [1.165, 1.54) is 121 Å². The number of benzene rings is 4. The summed E-state index contributed by atoms with van der Waals surface area (Å²) in [5, 5.41) is 83.2. The molecule has 19 heteroatoms. The van der Waals surface area contributed by atoms with Crippen LogP contribution in [0.1, 0.15) is 22.3 Å². The quantitative estimate of drug-likeness (QED) is 0.0429. The number of ether oxygens (including phenoxy) is 7. The van der Waals surface area contributed by atoms with Gasteiger partial charge in [-0.05, 0) is 95.1 Å². The minimum atomic E-state index is -2.68. The highest BCUT2D eigenvalue weighted by Gasteiger charge is 2.62. The van der Waals surface area contributed by atoms with Crippen molar-refractivity contribution in [2.75, 3.05) is 19.8 Å². The predicted molar refractivity (Wildman–Crippen MR) is 233 cm³/mol. The van der Waals surface area contributed by atoms with Gasteiger partial charge < -0.3 is 74.0 Å². The molecule has 0 spiro atoms. The molecule has 0 bridgehead atoms. The molecule has 2 aliphatic rings. The van der Waals surface area contributed by atoms with Crippen molar-refractivity contribution in [1.82, 2.24) is 0 Å². The van der Waals surface area contributed by atoms with E-state index in [1.54, 1.807) is 0 Å². The first kappa shape index (κ1) is 49.1. The standard InChI is InChI=1S/C48H46O19/c49-32-13-1-28(2-14-32)9-21-38(53)61-25-36-42(57)44(59)45(60)47(64-36)67-48(27-63-40(55)23-11-30-5-17-34(51)18-6-30)46(65-41(56)24-12-31-7-19-35(52)20-8-31)43(58)37(66-48)26-62-39(54)22-10-29-3-15-33(50)16-4-29/h1-24,36-37,42-47,49-52,57-60H,25-27H2/b21-9+,22-10+,23-11+,24-12+. The van der Waals surface area contributed by atoms with Crippen molar-refractivity contribution in [3.63, 3.8) is 0 Å². The number of esters is 4. The van der Waals surface area contributed by atoms with E-state index in [9.17, 15) is 60.0 Å². The van der Waals surface area contributed by atoms with Gasteiger partial charge in [0.2, 0.25) is 5.79 Å². The Bertz CT molecular complexity index is 2430. The number of phenolic OH excluding ortho intramolecular Hbond substituents is 4. The fraction of sp³-hybridized carbons (Fsp3) is 0.250. The molecule has 2 fully saturated rings. The Morgan fingerprint density at radius 2 is 0.851 bits per heavy atom. The summed E-state index contributed by atoms with van der Waals surface area (Å²) in [6, 6.07) is 23.1. The average molecular weight is 927 g/mol. The lowest BCUT2D eigenvalue weighted by Gasteiger charge is -2.43. The monoisotopic (exact) mass is 926 g/mol. The Labute approximate surface area is 381 Å². The molecule has 0 aromatic heterocycles. The number of aliphatic hydroxyl groups is 4. The number of hydrogen-bond acceptors (Lipinski definition) is 19. The lowest BCUT2D eigenvalue weighted by atomic mass is 9.98. The van der Waals surface area contributed by atoms with E-state index in [-0.39, 0.29) is 23.0 Å². The van der Waals surface area contributed by atoms with E-state index < -0.39 is 98.5 Å². The van der Waals surface area contributed by atoms with E-state index in [2.05, 4.69) is 0 Å². The largest absolute Gasteiger partial charge is 0.508 e. The number of hydrogen-bond donors (Lipinski definition) is 8. The molecule has 0 radical (unpaired) electrons. The summed E-state index contributed by atoms with van der Waals surface area (Å²) in [4.78, 5) is 52.2. The van der Waals surface area contributed by atoms with Crippen molar-refractivity contribution in [1.29, 1.82) is 0 Å². The second kappa shape index (κ2) is 22.7. The number of rotatable bonds is 17. The van der Waals surface area contributed by atoms with Gasteiger partial charge in [-0.2, -0.15) is 0 Å². The van der Waals surface area contributed by atoms with Crippen LogP contribution < -0.4 is 0 Å². The molecule has 4 aromatic rings. The van der Waals surface area contributed by atoms with Crippen molar-refractivity contribution in [2.24, 2.45) is 0 Å². The number of aliphatic hydroxyl groups excluding tert-OH is 4. The van der Waals surface area contributed by atoms with Crippen LogP contribution in [0.25, 0.3) is 24.3 Å². The van der Waals surface area contributed by atoms with Crippen LogP contribution in [0.4, 0.5) is 0 Å². The van der Waals surface area contributed by atoms with Gasteiger partial charge in [0.25, 0.3) is 0 Å². The highest BCUT2D eigenvalue weighted by molar-refractivity contribution is 5.89. The average Bonchev–Trinajstić information content (AvgIpc) is 3.57. The van der Waals surface area contributed by atoms with Crippen LogP contribution in [0, 0.1) is 0 Å². The molecule has 2 aliphatic heterocycles. The first-order chi connectivity index (χ1) is 32.1. The molecule has 6 rings (SSSR count). The van der Waals surface area contributed by atoms with Gasteiger partial charge >= 0.3 is 23.9 Å². The van der Waals surface area contributed by atoms with E-state index in [4.69, 9.17) is 33.2 Å². The van der Waals surface area contributed by atoms with Gasteiger partial charge in [-0.1, -0.05) is 48.5 Å². The van der Waals surface area contributed by atoms with Crippen molar-refractivity contribution in [2.45, 2.75) is 54.8 Å². The van der Waals surface area contributed by atoms with Gasteiger partial charge in [0.1, 0.15) is 79.4 Å². The van der Waals surface area contributed by atoms with Crippen LogP contribution in [0.15, 0.2) is 121 Å². The third-order valence-corrected chi connectivity index (χ3v) is 10.1. The smallest absolute Gasteiger partial charge is 0.331 e. The van der Waals surface area contributed by atoms with Crippen LogP contribution in [0.2, 0.25) is 0 Å². The Kier molecular flexibility index (Phi) is 16.6. The van der Waals surface area contributed by atoms with E-state index >= 15 is 0 Å². The first-order valence-electron chi connectivity index (χ1n) is 20.4. The minimum Gasteiger partial charge on any atom is -0.508 e. The molecule has 8 N–H and O–H groups in total. The molecular formula is C48H46O19. The van der Waals surface area contributed by atoms with Gasteiger partial charge in [0, 0.05) is 24.3 Å². The highest BCUT2D eigenvalue weighted by Crippen LogP contribution is 2.39. The fourth-order valence-electron chi connectivity index (χ4n) is 6.54. The van der Waals surface area contributed by atoms with Crippen LogP contribution in [0.5, 0.6) is 23.0 Å². The number of carbonyl (C=O) groups is 4. The van der Waals surface area contributed by atoms with Gasteiger partial charge in [-0.15, -0.1) is 0 Å². The van der Waals surface area contributed by atoms with Gasteiger partial charge in [0.05, 0.1) is 0 Å². The van der Waals surface area contributed by atoms with E-state index in [1.807, 2.05) is 0 Å². The van der Waals surface area contributed by atoms with Gasteiger partial charge in [0.15, 0.2) is 12.4 Å². The molecular weight excluding hydrogens is 881 g/mol. The third kappa shape index (κ3) is 13.8. The molecule has 19 nitrogen and oxygen atoms in total. The molecule has 0 amide bonds. The zero-order valence-electron chi connectivity index (χ0n) is 35.2.